The van der Waals surface area contributed by atoms with Crippen LogP contribution in [-0.2, 0) is 0 Å². The van der Waals surface area contributed by atoms with Crippen molar-refractivity contribution in [2.24, 2.45) is 0 Å². The standard InChI is InChI=1S/C14H14O4/c1-7-3-10(14(18)12(16)4-7)11-6-9(15)5-8(2)13(11)17/h3-6,15-18H,1-2H3. The molecule has 0 fully saturated rings. The van der Waals surface area contributed by atoms with Gasteiger partial charge in [0.05, 0.1) is 0 Å². The molecule has 0 heterocycles. The lowest BCUT2D eigenvalue weighted by atomic mass is 9.98. The summed E-state index contributed by atoms with van der Waals surface area (Å²) in [6, 6.07) is 5.82. The molecule has 18 heavy (non-hydrogen) atoms. The zero-order valence-corrected chi connectivity index (χ0v) is 10.1. The molecule has 4 N–H and O–H groups in total. The molecule has 0 atom stereocenters. The molecule has 0 bridgehead atoms. The van der Waals surface area contributed by atoms with Crippen LogP contribution in [0.15, 0.2) is 24.3 Å². The normalized spacial score (nSPS) is 10.6. The number of hydrogen-bond acceptors (Lipinski definition) is 4. The molecular formula is C14H14O4. The Kier molecular flexibility index (Phi) is 2.79. The van der Waals surface area contributed by atoms with Gasteiger partial charge in [0.15, 0.2) is 11.5 Å². The van der Waals surface area contributed by atoms with Crippen LogP contribution in [0.3, 0.4) is 0 Å². The van der Waals surface area contributed by atoms with Crippen molar-refractivity contribution in [3.63, 3.8) is 0 Å². The third-order valence-electron chi connectivity index (χ3n) is 2.81. The molecule has 0 aliphatic heterocycles. The molecule has 2 aromatic rings. The van der Waals surface area contributed by atoms with E-state index in [1.165, 1.54) is 18.2 Å². The first-order valence-electron chi connectivity index (χ1n) is 5.45. The molecule has 0 aliphatic carbocycles. The molecule has 0 radical (unpaired) electrons. The second-order valence-corrected chi connectivity index (χ2v) is 4.34. The summed E-state index contributed by atoms with van der Waals surface area (Å²) in [7, 11) is 0. The topological polar surface area (TPSA) is 80.9 Å². The van der Waals surface area contributed by atoms with Crippen LogP contribution in [-0.4, -0.2) is 20.4 Å². The Hall–Kier alpha value is -2.36. The highest BCUT2D eigenvalue weighted by atomic mass is 16.3. The van der Waals surface area contributed by atoms with Crippen LogP contribution in [0.4, 0.5) is 0 Å². The van der Waals surface area contributed by atoms with Gasteiger partial charge in [-0.25, -0.2) is 0 Å². The monoisotopic (exact) mass is 246 g/mol. The minimum Gasteiger partial charge on any atom is -0.508 e. The average Bonchev–Trinajstić information content (AvgIpc) is 2.28. The average molecular weight is 246 g/mol. The summed E-state index contributed by atoms with van der Waals surface area (Å²) in [5.41, 5.74) is 1.79. The maximum absolute atomic E-state index is 9.98. The van der Waals surface area contributed by atoms with Gasteiger partial charge in [0, 0.05) is 11.1 Å². The van der Waals surface area contributed by atoms with Crippen LogP contribution in [0.5, 0.6) is 23.0 Å². The van der Waals surface area contributed by atoms with Gasteiger partial charge in [0.25, 0.3) is 0 Å². The van der Waals surface area contributed by atoms with Crippen LogP contribution in [0.25, 0.3) is 11.1 Å². The molecule has 0 aromatic heterocycles. The molecular weight excluding hydrogens is 232 g/mol. The Morgan fingerprint density at radius 1 is 0.722 bits per heavy atom. The summed E-state index contributed by atoms with van der Waals surface area (Å²) in [5, 5.41) is 38.9. The molecule has 4 nitrogen and oxygen atoms in total. The molecule has 0 amide bonds. The van der Waals surface area contributed by atoms with Crippen molar-refractivity contribution in [3.05, 3.63) is 35.4 Å². The summed E-state index contributed by atoms with van der Waals surface area (Å²) in [5.74, 6) is -0.625. The van der Waals surface area contributed by atoms with Gasteiger partial charge < -0.3 is 20.4 Å². The Bertz CT molecular complexity index is 562. The lowest BCUT2D eigenvalue weighted by molar-refractivity contribution is 0.404. The first-order chi connectivity index (χ1) is 8.40. The Morgan fingerprint density at radius 3 is 2.00 bits per heavy atom. The molecule has 0 aliphatic rings. The summed E-state index contributed by atoms with van der Waals surface area (Å²) in [6.07, 6.45) is 0. The minimum atomic E-state index is -0.319. The molecule has 0 saturated heterocycles. The van der Waals surface area contributed by atoms with E-state index in [4.69, 9.17) is 0 Å². The maximum atomic E-state index is 9.98. The zero-order chi connectivity index (χ0) is 13.4. The highest BCUT2D eigenvalue weighted by Gasteiger charge is 2.15. The van der Waals surface area contributed by atoms with E-state index in [1.807, 2.05) is 0 Å². The predicted octanol–water partition coefficient (Wildman–Crippen LogP) is 2.79. The fraction of sp³-hybridized carbons (Fsp3) is 0.143. The van der Waals surface area contributed by atoms with E-state index in [0.29, 0.717) is 5.56 Å². The lowest BCUT2D eigenvalue weighted by Gasteiger charge is -2.12. The summed E-state index contributed by atoms with van der Waals surface area (Å²) < 4.78 is 0. The molecule has 2 rings (SSSR count). The fourth-order valence-corrected chi connectivity index (χ4v) is 1.93. The van der Waals surface area contributed by atoms with Gasteiger partial charge in [-0.3, -0.25) is 0 Å². The number of phenolic OH excluding ortho intramolecular Hbond substituents is 4. The lowest BCUT2D eigenvalue weighted by Crippen LogP contribution is -1.86. The quantitative estimate of drug-likeness (QED) is 0.460. The number of hydrogen-bond donors (Lipinski definition) is 4. The van der Waals surface area contributed by atoms with E-state index >= 15 is 0 Å². The van der Waals surface area contributed by atoms with Gasteiger partial charge in [0.2, 0.25) is 0 Å². The predicted molar refractivity (Wildman–Crippen MR) is 68.0 cm³/mol. The summed E-state index contributed by atoms with van der Waals surface area (Å²) >= 11 is 0. The number of aryl methyl sites for hydroxylation is 2. The number of rotatable bonds is 1. The van der Waals surface area contributed by atoms with Gasteiger partial charge in [-0.15, -0.1) is 0 Å². The zero-order valence-electron chi connectivity index (χ0n) is 10.1. The first kappa shape index (κ1) is 12.1. The van der Waals surface area contributed by atoms with Gasteiger partial charge in [-0.2, -0.15) is 0 Å². The molecule has 94 valence electrons. The van der Waals surface area contributed by atoms with Crippen LogP contribution >= 0.6 is 0 Å². The minimum absolute atomic E-state index is 0.0132. The largest absolute Gasteiger partial charge is 0.508 e. The van der Waals surface area contributed by atoms with Crippen molar-refractivity contribution in [1.29, 1.82) is 0 Å². The highest BCUT2D eigenvalue weighted by Crippen LogP contribution is 2.43. The van der Waals surface area contributed by atoms with E-state index in [1.54, 1.807) is 19.9 Å². The van der Waals surface area contributed by atoms with Gasteiger partial charge in [0.1, 0.15) is 11.5 Å². The fourth-order valence-electron chi connectivity index (χ4n) is 1.93. The molecule has 0 unspecified atom stereocenters. The van der Waals surface area contributed by atoms with Crippen molar-refractivity contribution in [2.75, 3.05) is 0 Å². The molecule has 0 saturated carbocycles. The molecule has 0 spiro atoms. The number of aromatic hydroxyl groups is 4. The number of benzene rings is 2. The molecule has 4 heteroatoms. The SMILES string of the molecule is Cc1cc(O)c(O)c(-c2cc(O)cc(C)c2O)c1. The van der Waals surface area contributed by atoms with Crippen LogP contribution < -0.4 is 0 Å². The Morgan fingerprint density at radius 2 is 1.33 bits per heavy atom. The van der Waals surface area contributed by atoms with Crippen LogP contribution in [0, 0.1) is 13.8 Å². The Labute approximate surface area is 104 Å². The van der Waals surface area contributed by atoms with Crippen molar-refractivity contribution in [3.8, 4) is 34.1 Å². The second kappa shape index (κ2) is 4.14. The first-order valence-corrected chi connectivity index (χ1v) is 5.45. The van der Waals surface area contributed by atoms with Crippen molar-refractivity contribution in [1.82, 2.24) is 0 Å². The van der Waals surface area contributed by atoms with Crippen molar-refractivity contribution in [2.45, 2.75) is 13.8 Å². The van der Waals surface area contributed by atoms with Gasteiger partial charge in [-0.05, 0) is 49.2 Å². The summed E-state index contributed by atoms with van der Waals surface area (Å²) in [4.78, 5) is 0. The van der Waals surface area contributed by atoms with E-state index < -0.39 is 0 Å². The van der Waals surface area contributed by atoms with Gasteiger partial charge >= 0.3 is 0 Å². The summed E-state index contributed by atoms with van der Waals surface area (Å²) in [6.45, 7) is 3.40. The van der Waals surface area contributed by atoms with E-state index in [2.05, 4.69) is 0 Å². The third kappa shape index (κ3) is 1.93. The van der Waals surface area contributed by atoms with Crippen LogP contribution in [0.2, 0.25) is 0 Å². The maximum Gasteiger partial charge on any atom is 0.165 e. The van der Waals surface area contributed by atoms with Gasteiger partial charge in [-0.1, -0.05) is 0 Å². The van der Waals surface area contributed by atoms with E-state index in [0.717, 1.165) is 5.56 Å². The second-order valence-electron chi connectivity index (χ2n) is 4.34. The number of phenols is 4. The molecule has 2 aromatic carbocycles. The third-order valence-corrected chi connectivity index (χ3v) is 2.81. The van der Waals surface area contributed by atoms with Crippen molar-refractivity contribution < 1.29 is 20.4 Å². The smallest absolute Gasteiger partial charge is 0.165 e. The van der Waals surface area contributed by atoms with Crippen LogP contribution in [0.1, 0.15) is 11.1 Å². The van der Waals surface area contributed by atoms with E-state index in [-0.39, 0.29) is 34.1 Å². The Balaban J connectivity index is 2.77. The van der Waals surface area contributed by atoms with Crippen molar-refractivity contribution >= 4 is 0 Å². The van der Waals surface area contributed by atoms with E-state index in [9.17, 15) is 20.4 Å². The highest BCUT2D eigenvalue weighted by molar-refractivity contribution is 5.80.